The molecule has 1 amide bonds. The molecule has 0 saturated carbocycles. The van der Waals surface area contributed by atoms with Crippen molar-refractivity contribution in [2.45, 2.75) is 19.0 Å². The lowest BCUT2D eigenvalue weighted by Crippen LogP contribution is -2.53. The first-order valence-corrected chi connectivity index (χ1v) is 6.55. The normalized spacial score (nSPS) is 19.7. The van der Waals surface area contributed by atoms with Gasteiger partial charge in [0, 0.05) is 21.8 Å². The Kier molecular flexibility index (Phi) is 3.43. The number of halogens is 1. The number of thiophene rings is 1. The predicted molar refractivity (Wildman–Crippen MR) is 64.9 cm³/mol. The highest BCUT2D eigenvalue weighted by molar-refractivity contribution is 9.10. The Balaban J connectivity index is 1.91. The summed E-state index contributed by atoms with van der Waals surface area (Å²) >= 11 is 5.08. The van der Waals surface area contributed by atoms with Gasteiger partial charge in [-0.05, 0) is 35.0 Å². The molecule has 1 N–H and O–H groups in total. The molecule has 0 bridgehead atoms. The molecule has 1 atom stereocenters. The highest BCUT2D eigenvalue weighted by Crippen LogP contribution is 2.21. The van der Waals surface area contributed by atoms with Gasteiger partial charge >= 0.3 is 0 Å². The minimum absolute atomic E-state index is 0.0541. The zero-order valence-electron chi connectivity index (χ0n) is 8.50. The van der Waals surface area contributed by atoms with Gasteiger partial charge in [0.05, 0.1) is 12.6 Å². The molecular formula is C10H13BrN2OS. The second-order valence-electron chi connectivity index (χ2n) is 3.72. The lowest BCUT2D eigenvalue weighted by Gasteiger charge is -2.30. The van der Waals surface area contributed by atoms with Crippen LogP contribution in [0.15, 0.2) is 15.9 Å². The van der Waals surface area contributed by atoms with Gasteiger partial charge in [-0.15, -0.1) is 11.3 Å². The van der Waals surface area contributed by atoms with Gasteiger partial charge in [-0.1, -0.05) is 0 Å². The summed E-state index contributed by atoms with van der Waals surface area (Å²) in [7, 11) is 1.86. The predicted octanol–water partition coefficient (Wildman–Crippen LogP) is 1.83. The third kappa shape index (κ3) is 2.59. The van der Waals surface area contributed by atoms with Crippen molar-refractivity contribution in [3.63, 3.8) is 0 Å². The second kappa shape index (κ2) is 4.63. The van der Waals surface area contributed by atoms with Crippen molar-refractivity contribution in [3.8, 4) is 0 Å². The Morgan fingerprint density at radius 2 is 2.53 bits per heavy atom. The van der Waals surface area contributed by atoms with Crippen molar-refractivity contribution in [2.75, 3.05) is 13.6 Å². The summed E-state index contributed by atoms with van der Waals surface area (Å²) in [6.07, 6.45) is 0.970. The summed E-state index contributed by atoms with van der Waals surface area (Å²) in [6.45, 7) is 1.67. The zero-order valence-corrected chi connectivity index (χ0v) is 10.9. The van der Waals surface area contributed by atoms with Crippen LogP contribution >= 0.6 is 27.3 Å². The largest absolute Gasteiger partial charge is 0.339 e. The van der Waals surface area contributed by atoms with E-state index in [0.717, 1.165) is 17.4 Å². The molecule has 5 heteroatoms. The average molecular weight is 289 g/mol. The van der Waals surface area contributed by atoms with E-state index in [1.807, 2.05) is 12.4 Å². The molecule has 0 radical (unpaired) electrons. The molecule has 0 spiro atoms. The van der Waals surface area contributed by atoms with Crippen molar-refractivity contribution in [1.29, 1.82) is 0 Å². The van der Waals surface area contributed by atoms with Crippen LogP contribution in [-0.4, -0.2) is 30.4 Å². The third-order valence-electron chi connectivity index (χ3n) is 2.51. The van der Waals surface area contributed by atoms with Gasteiger partial charge in [0.1, 0.15) is 0 Å². The van der Waals surface area contributed by atoms with Crippen LogP contribution < -0.4 is 5.32 Å². The first-order chi connectivity index (χ1) is 7.16. The molecule has 82 valence electrons. The van der Waals surface area contributed by atoms with Gasteiger partial charge in [-0.3, -0.25) is 4.79 Å². The van der Waals surface area contributed by atoms with Crippen molar-refractivity contribution in [3.05, 3.63) is 20.8 Å². The third-order valence-corrected chi connectivity index (χ3v) is 4.20. The Morgan fingerprint density at radius 1 is 1.80 bits per heavy atom. The number of rotatable bonds is 3. The minimum atomic E-state index is 0.0541. The molecule has 1 aromatic rings. The van der Waals surface area contributed by atoms with E-state index in [1.165, 1.54) is 4.88 Å². The van der Waals surface area contributed by atoms with E-state index in [9.17, 15) is 4.79 Å². The van der Waals surface area contributed by atoms with Crippen molar-refractivity contribution >= 4 is 33.2 Å². The lowest BCUT2D eigenvalue weighted by atomic mass is 10.1. The van der Waals surface area contributed by atoms with E-state index < -0.39 is 0 Å². The summed E-state index contributed by atoms with van der Waals surface area (Å²) in [4.78, 5) is 14.8. The summed E-state index contributed by atoms with van der Waals surface area (Å²) in [5.41, 5.74) is 0. The van der Waals surface area contributed by atoms with E-state index in [4.69, 9.17) is 0 Å². The molecule has 3 nitrogen and oxygen atoms in total. The number of likely N-dealkylation sites (N-methyl/N-ethyl adjacent to an activating group) is 1. The van der Waals surface area contributed by atoms with Gasteiger partial charge in [-0.2, -0.15) is 0 Å². The van der Waals surface area contributed by atoms with Crippen LogP contribution in [0.3, 0.4) is 0 Å². The van der Waals surface area contributed by atoms with E-state index >= 15 is 0 Å². The Hall–Kier alpha value is -0.390. The minimum Gasteiger partial charge on any atom is -0.339 e. The highest BCUT2D eigenvalue weighted by Gasteiger charge is 2.27. The van der Waals surface area contributed by atoms with Crippen LogP contribution in [0, 0.1) is 0 Å². The maximum absolute atomic E-state index is 11.8. The van der Waals surface area contributed by atoms with Crippen LogP contribution in [-0.2, 0) is 11.3 Å². The molecule has 2 rings (SSSR count). The number of amides is 1. The Bertz CT molecular complexity index is 362. The molecule has 1 aliphatic heterocycles. The van der Waals surface area contributed by atoms with Gasteiger partial charge in [0.2, 0.25) is 5.91 Å². The average Bonchev–Trinajstić information content (AvgIpc) is 2.48. The van der Waals surface area contributed by atoms with E-state index in [0.29, 0.717) is 6.54 Å². The number of hydrogen-bond acceptors (Lipinski definition) is 3. The van der Waals surface area contributed by atoms with Crippen LogP contribution in [0.25, 0.3) is 0 Å². The van der Waals surface area contributed by atoms with Crippen LogP contribution in [0.2, 0.25) is 0 Å². The lowest BCUT2D eigenvalue weighted by molar-refractivity contribution is -0.134. The standard InChI is InChI=1S/C10H13BrN2OS/c1-13(10(14)9-2-3-12-9)5-8-4-7(11)6-15-8/h4,6,9,12H,2-3,5H2,1H3/t9-/m1/s1. The molecule has 1 saturated heterocycles. The smallest absolute Gasteiger partial charge is 0.239 e. The van der Waals surface area contributed by atoms with Gasteiger partial charge in [-0.25, -0.2) is 0 Å². The number of nitrogens with one attached hydrogen (secondary N) is 1. The van der Waals surface area contributed by atoms with Crippen LogP contribution in [0.1, 0.15) is 11.3 Å². The summed E-state index contributed by atoms with van der Waals surface area (Å²) in [6, 6.07) is 2.11. The zero-order chi connectivity index (χ0) is 10.8. The molecular weight excluding hydrogens is 276 g/mol. The number of carbonyl (C=O) groups is 1. The molecule has 1 fully saturated rings. The summed E-state index contributed by atoms with van der Waals surface area (Å²) < 4.78 is 1.09. The fraction of sp³-hybridized carbons (Fsp3) is 0.500. The molecule has 1 aliphatic rings. The Labute approximate surface area is 102 Å². The Morgan fingerprint density at radius 3 is 3.00 bits per heavy atom. The number of hydrogen-bond donors (Lipinski definition) is 1. The molecule has 1 aromatic heterocycles. The SMILES string of the molecule is CN(Cc1cc(Br)cs1)C(=O)[C@H]1CCN1. The topological polar surface area (TPSA) is 32.3 Å². The highest BCUT2D eigenvalue weighted by atomic mass is 79.9. The van der Waals surface area contributed by atoms with Gasteiger partial charge < -0.3 is 10.2 Å². The molecule has 0 aliphatic carbocycles. The van der Waals surface area contributed by atoms with E-state index in [-0.39, 0.29) is 11.9 Å². The number of carbonyl (C=O) groups excluding carboxylic acids is 1. The maximum atomic E-state index is 11.8. The molecule has 15 heavy (non-hydrogen) atoms. The molecule has 0 unspecified atom stereocenters. The van der Waals surface area contributed by atoms with Gasteiger partial charge in [0.25, 0.3) is 0 Å². The fourth-order valence-corrected chi connectivity index (χ4v) is 3.02. The van der Waals surface area contributed by atoms with Crippen LogP contribution in [0.4, 0.5) is 0 Å². The van der Waals surface area contributed by atoms with Gasteiger partial charge in [0.15, 0.2) is 0 Å². The van der Waals surface area contributed by atoms with Crippen molar-refractivity contribution in [2.24, 2.45) is 0 Å². The monoisotopic (exact) mass is 288 g/mol. The van der Waals surface area contributed by atoms with Crippen LogP contribution in [0.5, 0.6) is 0 Å². The molecule has 2 heterocycles. The number of nitrogens with zero attached hydrogens (tertiary/aromatic N) is 1. The summed E-state index contributed by atoms with van der Waals surface area (Å²) in [5, 5.41) is 5.16. The first kappa shape index (κ1) is 11.1. The maximum Gasteiger partial charge on any atom is 0.239 e. The fourth-order valence-electron chi connectivity index (χ4n) is 1.51. The first-order valence-electron chi connectivity index (χ1n) is 4.88. The summed E-state index contributed by atoms with van der Waals surface area (Å²) in [5.74, 6) is 0.200. The van der Waals surface area contributed by atoms with Crippen molar-refractivity contribution < 1.29 is 4.79 Å². The second-order valence-corrected chi connectivity index (χ2v) is 5.63. The quantitative estimate of drug-likeness (QED) is 0.920. The van der Waals surface area contributed by atoms with Crippen molar-refractivity contribution in [1.82, 2.24) is 10.2 Å². The van der Waals surface area contributed by atoms with E-state index in [2.05, 4.69) is 27.3 Å². The van der Waals surface area contributed by atoms with E-state index in [1.54, 1.807) is 16.2 Å². The molecule has 0 aromatic carbocycles.